The fourth-order valence-corrected chi connectivity index (χ4v) is 1.45. The minimum absolute atomic E-state index is 0.228. The van der Waals surface area contributed by atoms with Gasteiger partial charge in [-0.15, -0.1) is 0 Å². The average Bonchev–Trinajstić information content (AvgIpc) is 2.27. The fraction of sp³-hybridized carbons (Fsp3) is 0.200. The summed E-state index contributed by atoms with van der Waals surface area (Å²) in [5.41, 5.74) is 2.08. The summed E-state index contributed by atoms with van der Waals surface area (Å²) in [5.74, 6) is -0.380. The highest BCUT2D eigenvalue weighted by Crippen LogP contribution is 2.20. The van der Waals surface area contributed by atoms with Crippen molar-refractivity contribution < 1.29 is 14.3 Å². The second kappa shape index (κ2) is 3.61. The average molecular weight is 206 g/mol. The van der Waals surface area contributed by atoms with Crippen molar-refractivity contribution in [3.63, 3.8) is 0 Å². The largest absolute Gasteiger partial charge is 0.465 e. The molecule has 0 saturated carbocycles. The Labute approximate surface area is 86.4 Å². The third-order valence-electron chi connectivity index (χ3n) is 2.21. The van der Waals surface area contributed by atoms with Gasteiger partial charge in [0.25, 0.3) is 0 Å². The first-order chi connectivity index (χ1) is 7.20. The lowest BCUT2D eigenvalue weighted by molar-refractivity contribution is 0.0600. The van der Waals surface area contributed by atoms with Gasteiger partial charge >= 0.3 is 12.0 Å². The number of carbonyl (C=O) groups excluding carboxylic acids is 2. The van der Waals surface area contributed by atoms with Crippen LogP contribution in [0.5, 0.6) is 0 Å². The smallest absolute Gasteiger partial charge is 0.337 e. The molecular weight excluding hydrogens is 196 g/mol. The number of methoxy groups -OCH3 is 1. The summed E-state index contributed by atoms with van der Waals surface area (Å²) in [6.07, 6.45) is 0. The van der Waals surface area contributed by atoms with Gasteiger partial charge < -0.3 is 15.4 Å². The Balaban J connectivity index is 2.34. The van der Waals surface area contributed by atoms with Gasteiger partial charge in [0.05, 0.1) is 12.7 Å². The number of benzene rings is 1. The van der Waals surface area contributed by atoms with Crippen molar-refractivity contribution in [3.8, 4) is 0 Å². The summed E-state index contributed by atoms with van der Waals surface area (Å²) < 4.78 is 4.60. The number of urea groups is 1. The monoisotopic (exact) mass is 206 g/mol. The number of rotatable bonds is 1. The molecule has 2 amide bonds. The van der Waals surface area contributed by atoms with Gasteiger partial charge in [0.2, 0.25) is 0 Å². The van der Waals surface area contributed by atoms with E-state index in [4.69, 9.17) is 0 Å². The molecule has 15 heavy (non-hydrogen) atoms. The number of hydrogen-bond acceptors (Lipinski definition) is 3. The first kappa shape index (κ1) is 9.51. The van der Waals surface area contributed by atoms with Crippen LogP contribution in [0.15, 0.2) is 18.2 Å². The van der Waals surface area contributed by atoms with Gasteiger partial charge in [0.1, 0.15) is 0 Å². The second-order valence-corrected chi connectivity index (χ2v) is 3.17. The molecule has 0 radical (unpaired) electrons. The standard InChI is InChI=1S/C10H10N2O3/c1-15-9(13)6-2-3-8-7(4-6)5-11-10(14)12-8/h2-4H,5H2,1H3,(H2,11,12,14). The molecule has 5 nitrogen and oxygen atoms in total. The molecule has 0 fully saturated rings. The van der Waals surface area contributed by atoms with Crippen LogP contribution in [0, 0.1) is 0 Å². The number of carbonyl (C=O) groups is 2. The normalized spacial score (nSPS) is 13.5. The Bertz CT molecular complexity index is 429. The van der Waals surface area contributed by atoms with E-state index in [1.807, 2.05) is 0 Å². The van der Waals surface area contributed by atoms with Gasteiger partial charge in [0.15, 0.2) is 0 Å². The number of fused-ring (bicyclic) bond motifs is 1. The number of esters is 1. The Hall–Kier alpha value is -2.04. The lowest BCUT2D eigenvalue weighted by Gasteiger charge is -2.18. The van der Waals surface area contributed by atoms with Crippen LogP contribution in [-0.4, -0.2) is 19.1 Å². The van der Waals surface area contributed by atoms with Crippen LogP contribution in [0.4, 0.5) is 10.5 Å². The molecule has 0 spiro atoms. The Morgan fingerprint density at radius 2 is 2.27 bits per heavy atom. The van der Waals surface area contributed by atoms with Crippen molar-refractivity contribution >= 4 is 17.7 Å². The molecule has 1 aliphatic heterocycles. The van der Waals surface area contributed by atoms with Crippen LogP contribution in [0.2, 0.25) is 0 Å². The van der Waals surface area contributed by atoms with Gasteiger partial charge in [-0.25, -0.2) is 9.59 Å². The lowest BCUT2D eigenvalue weighted by atomic mass is 10.1. The molecule has 0 aromatic heterocycles. The molecular formula is C10H10N2O3. The number of anilines is 1. The highest BCUT2D eigenvalue weighted by atomic mass is 16.5. The summed E-state index contributed by atoms with van der Waals surface area (Å²) in [4.78, 5) is 22.2. The van der Waals surface area contributed by atoms with Crippen molar-refractivity contribution in [2.45, 2.75) is 6.54 Å². The van der Waals surface area contributed by atoms with E-state index < -0.39 is 0 Å². The number of hydrogen-bond donors (Lipinski definition) is 2. The summed E-state index contributed by atoms with van der Waals surface area (Å²) in [6, 6.07) is 4.79. The van der Waals surface area contributed by atoms with E-state index >= 15 is 0 Å². The minimum atomic E-state index is -0.380. The number of ether oxygens (including phenoxy) is 1. The third-order valence-corrected chi connectivity index (χ3v) is 2.21. The highest BCUT2D eigenvalue weighted by molar-refractivity contribution is 5.95. The van der Waals surface area contributed by atoms with Crippen molar-refractivity contribution in [2.24, 2.45) is 0 Å². The van der Waals surface area contributed by atoms with Crippen LogP contribution < -0.4 is 10.6 Å². The SMILES string of the molecule is COC(=O)c1ccc2c(c1)CNC(=O)N2. The van der Waals surface area contributed by atoms with Crippen molar-refractivity contribution in [2.75, 3.05) is 12.4 Å². The molecule has 1 aromatic rings. The van der Waals surface area contributed by atoms with E-state index in [1.165, 1.54) is 7.11 Å². The van der Waals surface area contributed by atoms with Gasteiger partial charge in [-0.3, -0.25) is 0 Å². The molecule has 1 heterocycles. The predicted octanol–water partition coefficient (Wildman–Crippen LogP) is 1.11. The van der Waals surface area contributed by atoms with Gasteiger partial charge in [-0.2, -0.15) is 0 Å². The molecule has 0 atom stereocenters. The van der Waals surface area contributed by atoms with Gasteiger partial charge in [0, 0.05) is 12.2 Å². The first-order valence-electron chi connectivity index (χ1n) is 4.47. The molecule has 2 rings (SSSR count). The Morgan fingerprint density at radius 1 is 1.47 bits per heavy atom. The summed E-state index contributed by atoms with van der Waals surface area (Å²) >= 11 is 0. The Kier molecular flexibility index (Phi) is 2.29. The van der Waals surface area contributed by atoms with E-state index in [9.17, 15) is 9.59 Å². The highest BCUT2D eigenvalue weighted by Gasteiger charge is 2.15. The van der Waals surface area contributed by atoms with E-state index in [0.717, 1.165) is 11.3 Å². The van der Waals surface area contributed by atoms with Crippen molar-refractivity contribution in [1.82, 2.24) is 5.32 Å². The van der Waals surface area contributed by atoms with E-state index in [0.29, 0.717) is 12.1 Å². The second-order valence-electron chi connectivity index (χ2n) is 3.17. The lowest BCUT2D eigenvalue weighted by Crippen LogP contribution is -2.33. The maximum atomic E-state index is 11.2. The minimum Gasteiger partial charge on any atom is -0.465 e. The zero-order chi connectivity index (χ0) is 10.8. The van der Waals surface area contributed by atoms with Gasteiger partial charge in [-0.1, -0.05) is 0 Å². The predicted molar refractivity (Wildman–Crippen MR) is 53.6 cm³/mol. The molecule has 0 saturated heterocycles. The van der Waals surface area contributed by atoms with Crippen molar-refractivity contribution in [1.29, 1.82) is 0 Å². The zero-order valence-corrected chi connectivity index (χ0v) is 8.16. The molecule has 1 aromatic carbocycles. The molecule has 78 valence electrons. The van der Waals surface area contributed by atoms with Crippen LogP contribution in [0.25, 0.3) is 0 Å². The molecule has 1 aliphatic rings. The number of nitrogens with one attached hydrogen (secondary N) is 2. The summed E-state index contributed by atoms with van der Waals surface area (Å²) in [7, 11) is 1.34. The molecule has 0 bridgehead atoms. The third kappa shape index (κ3) is 1.76. The van der Waals surface area contributed by atoms with Crippen molar-refractivity contribution in [3.05, 3.63) is 29.3 Å². The molecule has 2 N–H and O–H groups in total. The maximum Gasteiger partial charge on any atom is 0.337 e. The number of amides is 2. The quantitative estimate of drug-likeness (QED) is 0.676. The van der Waals surface area contributed by atoms with E-state index in [2.05, 4.69) is 15.4 Å². The fourth-order valence-electron chi connectivity index (χ4n) is 1.45. The molecule has 0 aliphatic carbocycles. The van der Waals surface area contributed by atoms with Crippen LogP contribution >= 0.6 is 0 Å². The van der Waals surface area contributed by atoms with E-state index in [-0.39, 0.29) is 12.0 Å². The van der Waals surface area contributed by atoms with Crippen LogP contribution in [0.3, 0.4) is 0 Å². The summed E-state index contributed by atoms with van der Waals surface area (Å²) in [5, 5.41) is 5.26. The van der Waals surface area contributed by atoms with E-state index in [1.54, 1.807) is 18.2 Å². The Morgan fingerprint density at radius 3 is 3.00 bits per heavy atom. The maximum absolute atomic E-state index is 11.2. The molecule has 0 unspecified atom stereocenters. The van der Waals surface area contributed by atoms with Crippen LogP contribution in [0.1, 0.15) is 15.9 Å². The summed E-state index contributed by atoms with van der Waals surface area (Å²) in [6.45, 7) is 0.423. The molecule has 5 heteroatoms. The first-order valence-corrected chi connectivity index (χ1v) is 4.47. The van der Waals surface area contributed by atoms with Gasteiger partial charge in [-0.05, 0) is 23.8 Å². The topological polar surface area (TPSA) is 67.4 Å². The van der Waals surface area contributed by atoms with Crippen LogP contribution in [-0.2, 0) is 11.3 Å². The zero-order valence-electron chi connectivity index (χ0n) is 8.16.